The predicted molar refractivity (Wildman–Crippen MR) is 70.0 cm³/mol. The molecular formula is C15H28O2. The maximum atomic E-state index is 10.1. The Labute approximate surface area is 106 Å². The number of aliphatic hydroxyl groups is 1. The average molecular weight is 240 g/mol. The third kappa shape index (κ3) is 4.97. The van der Waals surface area contributed by atoms with Crippen molar-refractivity contribution in [3.8, 4) is 0 Å². The molecule has 2 rings (SSSR count). The monoisotopic (exact) mass is 240 g/mol. The molecule has 0 aromatic rings. The van der Waals surface area contributed by atoms with E-state index in [0.717, 1.165) is 31.8 Å². The predicted octanol–water partition coefficient (Wildman–Crippen LogP) is 3.67. The summed E-state index contributed by atoms with van der Waals surface area (Å²) in [5.74, 6) is 0.789. The summed E-state index contributed by atoms with van der Waals surface area (Å²) in [4.78, 5) is 0. The van der Waals surface area contributed by atoms with Crippen LogP contribution in [0.3, 0.4) is 0 Å². The van der Waals surface area contributed by atoms with Gasteiger partial charge in [0, 0.05) is 6.61 Å². The van der Waals surface area contributed by atoms with Crippen molar-refractivity contribution < 1.29 is 9.84 Å². The molecule has 0 aromatic heterocycles. The molecule has 17 heavy (non-hydrogen) atoms. The van der Waals surface area contributed by atoms with Crippen LogP contribution in [0.15, 0.2) is 0 Å². The van der Waals surface area contributed by atoms with E-state index in [9.17, 15) is 5.11 Å². The van der Waals surface area contributed by atoms with E-state index >= 15 is 0 Å². The molecule has 0 bridgehead atoms. The Hall–Kier alpha value is -0.0800. The van der Waals surface area contributed by atoms with E-state index in [1.807, 2.05) is 0 Å². The standard InChI is InChI=1S/C15H28O2/c16-14(9-10-15-8-5-11-17-15)12-13-6-3-1-2-4-7-13/h13-16H,1-12H2. The fraction of sp³-hybridized carbons (Fsp3) is 1.00. The van der Waals surface area contributed by atoms with Gasteiger partial charge in [-0.15, -0.1) is 0 Å². The zero-order valence-electron chi connectivity index (χ0n) is 11.1. The van der Waals surface area contributed by atoms with Gasteiger partial charge in [-0.1, -0.05) is 38.5 Å². The van der Waals surface area contributed by atoms with Gasteiger partial charge in [-0.05, 0) is 38.0 Å². The van der Waals surface area contributed by atoms with Crippen LogP contribution in [-0.2, 0) is 4.74 Å². The highest BCUT2D eigenvalue weighted by molar-refractivity contribution is 4.72. The molecule has 100 valence electrons. The quantitative estimate of drug-likeness (QED) is 0.743. The zero-order valence-corrected chi connectivity index (χ0v) is 11.1. The van der Waals surface area contributed by atoms with Gasteiger partial charge in [-0.2, -0.15) is 0 Å². The Morgan fingerprint density at radius 1 is 1.00 bits per heavy atom. The first-order valence-electron chi connectivity index (χ1n) is 7.64. The van der Waals surface area contributed by atoms with Crippen LogP contribution in [0.25, 0.3) is 0 Å². The molecule has 1 saturated carbocycles. The Balaban J connectivity index is 1.59. The van der Waals surface area contributed by atoms with Crippen molar-refractivity contribution in [2.75, 3.05) is 6.61 Å². The zero-order chi connectivity index (χ0) is 11.9. The molecule has 2 nitrogen and oxygen atoms in total. The van der Waals surface area contributed by atoms with Crippen LogP contribution >= 0.6 is 0 Å². The summed E-state index contributed by atoms with van der Waals surface area (Å²) in [5, 5.41) is 10.1. The van der Waals surface area contributed by atoms with E-state index in [1.54, 1.807) is 0 Å². The Bertz CT molecular complexity index is 191. The van der Waals surface area contributed by atoms with E-state index in [1.165, 1.54) is 51.4 Å². The average Bonchev–Trinajstić information content (AvgIpc) is 2.72. The van der Waals surface area contributed by atoms with Crippen LogP contribution in [0.1, 0.15) is 70.6 Å². The van der Waals surface area contributed by atoms with Crippen LogP contribution in [0, 0.1) is 5.92 Å². The number of ether oxygens (including phenoxy) is 1. The number of hydrogen-bond donors (Lipinski definition) is 1. The second-order valence-corrected chi connectivity index (χ2v) is 5.96. The fourth-order valence-electron chi connectivity index (χ4n) is 3.35. The largest absolute Gasteiger partial charge is 0.393 e. The van der Waals surface area contributed by atoms with Crippen molar-refractivity contribution in [2.24, 2.45) is 5.92 Å². The summed E-state index contributed by atoms with van der Waals surface area (Å²) in [6, 6.07) is 0. The molecule has 1 aliphatic heterocycles. The van der Waals surface area contributed by atoms with Crippen LogP contribution < -0.4 is 0 Å². The minimum absolute atomic E-state index is 0.0812. The van der Waals surface area contributed by atoms with E-state index in [4.69, 9.17) is 4.74 Å². The molecule has 2 heteroatoms. The van der Waals surface area contributed by atoms with Crippen molar-refractivity contribution in [3.63, 3.8) is 0 Å². The molecule has 0 amide bonds. The van der Waals surface area contributed by atoms with Crippen LogP contribution in [0.5, 0.6) is 0 Å². The van der Waals surface area contributed by atoms with Crippen molar-refractivity contribution in [2.45, 2.75) is 82.8 Å². The highest BCUT2D eigenvalue weighted by Gasteiger charge is 2.20. The second kappa shape index (κ2) is 7.38. The summed E-state index contributed by atoms with van der Waals surface area (Å²) in [6.45, 7) is 0.934. The van der Waals surface area contributed by atoms with Crippen molar-refractivity contribution >= 4 is 0 Å². The molecule has 1 N–H and O–H groups in total. The molecule has 1 aliphatic carbocycles. The van der Waals surface area contributed by atoms with E-state index in [0.29, 0.717) is 6.10 Å². The van der Waals surface area contributed by atoms with Crippen LogP contribution in [-0.4, -0.2) is 23.9 Å². The summed E-state index contributed by atoms with van der Waals surface area (Å²) in [6.07, 6.45) is 14.1. The summed E-state index contributed by atoms with van der Waals surface area (Å²) < 4.78 is 5.60. The molecular weight excluding hydrogens is 212 g/mol. The Morgan fingerprint density at radius 2 is 1.76 bits per heavy atom. The number of aliphatic hydroxyl groups excluding tert-OH is 1. The first kappa shape index (κ1) is 13.4. The SMILES string of the molecule is OC(CCC1CCCO1)CC1CCCCCC1. The molecule has 2 aliphatic rings. The van der Waals surface area contributed by atoms with Gasteiger partial charge in [-0.3, -0.25) is 0 Å². The van der Waals surface area contributed by atoms with Gasteiger partial charge in [0.05, 0.1) is 12.2 Å². The first-order valence-corrected chi connectivity index (χ1v) is 7.64. The smallest absolute Gasteiger partial charge is 0.0577 e. The molecule has 2 fully saturated rings. The van der Waals surface area contributed by atoms with Gasteiger partial charge in [-0.25, -0.2) is 0 Å². The van der Waals surface area contributed by atoms with Gasteiger partial charge in [0.2, 0.25) is 0 Å². The van der Waals surface area contributed by atoms with Crippen LogP contribution in [0.2, 0.25) is 0 Å². The topological polar surface area (TPSA) is 29.5 Å². The Kier molecular flexibility index (Phi) is 5.79. The summed E-state index contributed by atoms with van der Waals surface area (Å²) in [5.41, 5.74) is 0. The molecule has 0 radical (unpaired) electrons. The molecule has 0 spiro atoms. The van der Waals surface area contributed by atoms with E-state index in [2.05, 4.69) is 0 Å². The minimum atomic E-state index is -0.0812. The lowest BCUT2D eigenvalue weighted by Crippen LogP contribution is -2.16. The third-order valence-electron chi connectivity index (χ3n) is 4.43. The molecule has 2 atom stereocenters. The molecule has 1 saturated heterocycles. The lowest BCUT2D eigenvalue weighted by molar-refractivity contribution is 0.0723. The highest BCUT2D eigenvalue weighted by Crippen LogP contribution is 2.28. The Morgan fingerprint density at radius 3 is 2.41 bits per heavy atom. The second-order valence-electron chi connectivity index (χ2n) is 5.96. The fourth-order valence-corrected chi connectivity index (χ4v) is 3.35. The molecule has 1 heterocycles. The van der Waals surface area contributed by atoms with E-state index in [-0.39, 0.29) is 6.10 Å². The van der Waals surface area contributed by atoms with Gasteiger partial charge in [0.25, 0.3) is 0 Å². The lowest BCUT2D eigenvalue weighted by atomic mass is 9.91. The normalized spacial score (nSPS) is 29.1. The van der Waals surface area contributed by atoms with Crippen molar-refractivity contribution in [1.29, 1.82) is 0 Å². The lowest BCUT2D eigenvalue weighted by Gasteiger charge is -2.19. The molecule has 0 aromatic carbocycles. The van der Waals surface area contributed by atoms with Gasteiger partial charge >= 0.3 is 0 Å². The van der Waals surface area contributed by atoms with Gasteiger partial charge in [0.1, 0.15) is 0 Å². The minimum Gasteiger partial charge on any atom is -0.393 e. The number of hydrogen-bond acceptors (Lipinski definition) is 2. The summed E-state index contributed by atoms with van der Waals surface area (Å²) in [7, 11) is 0. The van der Waals surface area contributed by atoms with Crippen molar-refractivity contribution in [3.05, 3.63) is 0 Å². The van der Waals surface area contributed by atoms with Crippen molar-refractivity contribution in [1.82, 2.24) is 0 Å². The van der Waals surface area contributed by atoms with Gasteiger partial charge < -0.3 is 9.84 Å². The maximum Gasteiger partial charge on any atom is 0.0577 e. The highest BCUT2D eigenvalue weighted by atomic mass is 16.5. The first-order chi connectivity index (χ1) is 8.34. The maximum absolute atomic E-state index is 10.1. The number of rotatable bonds is 5. The van der Waals surface area contributed by atoms with Crippen LogP contribution in [0.4, 0.5) is 0 Å². The summed E-state index contributed by atoms with van der Waals surface area (Å²) >= 11 is 0. The molecule has 2 unspecified atom stereocenters. The van der Waals surface area contributed by atoms with E-state index < -0.39 is 0 Å². The van der Waals surface area contributed by atoms with Gasteiger partial charge in [0.15, 0.2) is 0 Å². The third-order valence-corrected chi connectivity index (χ3v) is 4.43.